The first kappa shape index (κ1) is 8.19. The average molecular weight is 178 g/mol. The minimum Gasteiger partial charge on any atom is -0.480 e. The fourth-order valence-electron chi connectivity index (χ4n) is 1.49. The number of hydrogen-bond acceptors (Lipinski definition) is 3. The molecule has 68 valence electrons. The van der Waals surface area contributed by atoms with Gasteiger partial charge in [-0.15, -0.1) is 0 Å². The van der Waals surface area contributed by atoms with Crippen molar-refractivity contribution in [1.29, 1.82) is 0 Å². The monoisotopic (exact) mass is 178 g/mol. The van der Waals surface area contributed by atoms with E-state index in [-0.39, 0.29) is 0 Å². The van der Waals surface area contributed by atoms with Gasteiger partial charge in [-0.05, 0) is 11.6 Å². The van der Waals surface area contributed by atoms with E-state index < -0.39 is 12.0 Å². The van der Waals surface area contributed by atoms with Crippen LogP contribution < -0.4 is 5.32 Å². The number of fused-ring (bicyclic) bond motifs is 1. The third-order valence-electron chi connectivity index (χ3n) is 2.22. The minimum atomic E-state index is -0.809. The van der Waals surface area contributed by atoms with Crippen LogP contribution in [0.5, 0.6) is 0 Å². The number of carboxylic acids is 1. The second-order valence-corrected chi connectivity index (χ2v) is 3.09. The van der Waals surface area contributed by atoms with E-state index in [1.807, 2.05) is 12.1 Å². The summed E-state index contributed by atoms with van der Waals surface area (Å²) in [5.41, 5.74) is 1.99. The molecule has 1 aromatic heterocycles. The van der Waals surface area contributed by atoms with E-state index in [1.165, 1.54) is 0 Å². The van der Waals surface area contributed by atoms with E-state index in [0.717, 1.165) is 11.3 Å². The molecule has 0 aromatic carbocycles. The first-order valence-corrected chi connectivity index (χ1v) is 4.16. The van der Waals surface area contributed by atoms with Crippen LogP contribution in [0.25, 0.3) is 0 Å². The van der Waals surface area contributed by atoms with Crippen molar-refractivity contribution in [2.24, 2.45) is 0 Å². The summed E-state index contributed by atoms with van der Waals surface area (Å²) in [6.45, 7) is 0.597. The molecule has 0 radical (unpaired) electrons. The van der Waals surface area contributed by atoms with Gasteiger partial charge in [-0.2, -0.15) is 0 Å². The normalized spacial score (nSPS) is 20.8. The Morgan fingerprint density at radius 3 is 3.31 bits per heavy atom. The molecule has 0 saturated carbocycles. The number of aliphatic carboxylic acids is 1. The molecule has 2 rings (SSSR count). The van der Waals surface area contributed by atoms with Crippen LogP contribution in [0, 0.1) is 0 Å². The molecular weight excluding hydrogens is 168 g/mol. The Balaban J connectivity index is 2.24. The van der Waals surface area contributed by atoms with Crippen LogP contribution in [-0.4, -0.2) is 22.1 Å². The van der Waals surface area contributed by atoms with E-state index >= 15 is 0 Å². The SMILES string of the molecule is O=C(O)[C@H]1Cc2ncccc2CN1. The molecule has 0 unspecified atom stereocenters. The number of nitrogens with zero attached hydrogens (tertiary/aromatic N) is 1. The summed E-state index contributed by atoms with van der Waals surface area (Å²) < 4.78 is 0. The Labute approximate surface area is 75.6 Å². The summed E-state index contributed by atoms with van der Waals surface area (Å²) >= 11 is 0. The maximum atomic E-state index is 10.7. The van der Waals surface area contributed by atoms with Gasteiger partial charge < -0.3 is 5.11 Å². The van der Waals surface area contributed by atoms with Crippen LogP contribution in [0.2, 0.25) is 0 Å². The molecule has 13 heavy (non-hydrogen) atoms. The third-order valence-corrected chi connectivity index (χ3v) is 2.22. The molecule has 4 heteroatoms. The number of rotatable bonds is 1. The summed E-state index contributed by atoms with van der Waals surface area (Å²) in [4.78, 5) is 14.8. The zero-order chi connectivity index (χ0) is 9.26. The molecule has 2 N–H and O–H groups in total. The molecule has 4 nitrogen and oxygen atoms in total. The molecule has 0 fully saturated rings. The second kappa shape index (κ2) is 3.14. The van der Waals surface area contributed by atoms with Crippen molar-refractivity contribution in [1.82, 2.24) is 10.3 Å². The summed E-state index contributed by atoms with van der Waals surface area (Å²) in [6.07, 6.45) is 2.18. The van der Waals surface area contributed by atoms with Gasteiger partial charge in [-0.3, -0.25) is 15.1 Å². The summed E-state index contributed by atoms with van der Waals surface area (Å²) in [5, 5.41) is 11.7. The number of carboxylic acid groups (broad SMARTS) is 1. The van der Waals surface area contributed by atoms with Gasteiger partial charge in [0.2, 0.25) is 0 Å². The van der Waals surface area contributed by atoms with Crippen molar-refractivity contribution < 1.29 is 9.90 Å². The van der Waals surface area contributed by atoms with Gasteiger partial charge in [0.1, 0.15) is 6.04 Å². The molecule has 0 bridgehead atoms. The first-order valence-electron chi connectivity index (χ1n) is 4.16. The largest absolute Gasteiger partial charge is 0.480 e. The van der Waals surface area contributed by atoms with Gasteiger partial charge in [0.25, 0.3) is 0 Å². The lowest BCUT2D eigenvalue weighted by atomic mass is 10.0. The molecule has 0 aliphatic carbocycles. The lowest BCUT2D eigenvalue weighted by molar-refractivity contribution is -0.139. The highest BCUT2D eigenvalue weighted by molar-refractivity contribution is 5.74. The Bertz CT molecular complexity index is 338. The quantitative estimate of drug-likeness (QED) is 0.644. The van der Waals surface area contributed by atoms with Gasteiger partial charge in [-0.1, -0.05) is 6.07 Å². The zero-order valence-corrected chi connectivity index (χ0v) is 7.03. The fraction of sp³-hybridized carbons (Fsp3) is 0.333. The molecule has 1 aliphatic rings. The van der Waals surface area contributed by atoms with Crippen molar-refractivity contribution >= 4 is 5.97 Å². The van der Waals surface area contributed by atoms with E-state index in [1.54, 1.807) is 6.20 Å². The smallest absolute Gasteiger partial charge is 0.321 e. The maximum absolute atomic E-state index is 10.7. The van der Waals surface area contributed by atoms with E-state index in [9.17, 15) is 4.79 Å². The predicted molar refractivity (Wildman–Crippen MR) is 46.2 cm³/mol. The fourth-order valence-corrected chi connectivity index (χ4v) is 1.49. The third kappa shape index (κ3) is 1.53. The first-order chi connectivity index (χ1) is 6.27. The van der Waals surface area contributed by atoms with Gasteiger partial charge in [0.05, 0.1) is 0 Å². The van der Waals surface area contributed by atoms with E-state index in [2.05, 4.69) is 10.3 Å². The van der Waals surface area contributed by atoms with Crippen molar-refractivity contribution in [2.45, 2.75) is 19.0 Å². The van der Waals surface area contributed by atoms with Crippen molar-refractivity contribution in [3.63, 3.8) is 0 Å². The van der Waals surface area contributed by atoms with Crippen LogP contribution in [-0.2, 0) is 17.8 Å². The van der Waals surface area contributed by atoms with Gasteiger partial charge >= 0.3 is 5.97 Å². The Morgan fingerprint density at radius 1 is 1.69 bits per heavy atom. The number of pyridine rings is 1. The summed E-state index contributed by atoms with van der Waals surface area (Å²) in [5.74, 6) is -0.809. The number of hydrogen-bond donors (Lipinski definition) is 2. The highest BCUT2D eigenvalue weighted by Crippen LogP contribution is 2.13. The van der Waals surface area contributed by atoms with Crippen molar-refractivity contribution in [3.05, 3.63) is 29.6 Å². The van der Waals surface area contributed by atoms with Gasteiger partial charge in [-0.25, -0.2) is 0 Å². The Morgan fingerprint density at radius 2 is 2.54 bits per heavy atom. The van der Waals surface area contributed by atoms with Crippen LogP contribution in [0.15, 0.2) is 18.3 Å². The van der Waals surface area contributed by atoms with Gasteiger partial charge in [0.15, 0.2) is 0 Å². The molecule has 1 aromatic rings. The molecule has 0 amide bonds. The molecule has 1 aliphatic heterocycles. The molecule has 2 heterocycles. The number of aromatic nitrogens is 1. The van der Waals surface area contributed by atoms with Crippen molar-refractivity contribution in [2.75, 3.05) is 0 Å². The number of carbonyl (C=O) groups is 1. The predicted octanol–water partition coefficient (Wildman–Crippen LogP) is 0.180. The average Bonchev–Trinajstić information content (AvgIpc) is 2.17. The van der Waals surface area contributed by atoms with E-state index in [4.69, 9.17) is 5.11 Å². The highest BCUT2D eigenvalue weighted by atomic mass is 16.4. The molecule has 0 saturated heterocycles. The lowest BCUT2D eigenvalue weighted by Crippen LogP contribution is -2.41. The Kier molecular flexibility index (Phi) is 1.98. The highest BCUT2D eigenvalue weighted by Gasteiger charge is 2.23. The van der Waals surface area contributed by atoms with E-state index in [0.29, 0.717) is 13.0 Å². The minimum absolute atomic E-state index is 0.478. The van der Waals surface area contributed by atoms with Crippen LogP contribution in [0.1, 0.15) is 11.3 Å². The van der Waals surface area contributed by atoms with Crippen molar-refractivity contribution in [3.8, 4) is 0 Å². The number of nitrogens with one attached hydrogen (secondary N) is 1. The molecular formula is C9H10N2O2. The van der Waals surface area contributed by atoms with Crippen LogP contribution in [0.3, 0.4) is 0 Å². The second-order valence-electron chi connectivity index (χ2n) is 3.09. The maximum Gasteiger partial charge on any atom is 0.321 e. The standard InChI is InChI=1S/C9H10N2O2/c12-9(13)8-4-7-6(5-11-8)2-1-3-10-7/h1-3,8,11H,4-5H2,(H,12,13)/t8-/m1/s1. The molecule has 1 atom stereocenters. The Hall–Kier alpha value is -1.42. The summed E-state index contributed by atoms with van der Waals surface area (Å²) in [7, 11) is 0. The zero-order valence-electron chi connectivity index (χ0n) is 7.03. The topological polar surface area (TPSA) is 62.2 Å². The lowest BCUT2D eigenvalue weighted by Gasteiger charge is -2.21. The van der Waals surface area contributed by atoms with Crippen LogP contribution in [0.4, 0.5) is 0 Å². The van der Waals surface area contributed by atoms with Crippen LogP contribution >= 0.6 is 0 Å². The summed E-state index contributed by atoms with van der Waals surface area (Å²) in [6, 6.07) is 3.34. The van der Waals surface area contributed by atoms with Gasteiger partial charge in [0, 0.05) is 24.9 Å². The molecule has 0 spiro atoms.